The Bertz CT molecular complexity index is 117. The summed E-state index contributed by atoms with van der Waals surface area (Å²) in [6, 6.07) is 0.697. The van der Waals surface area contributed by atoms with Gasteiger partial charge in [-0.3, -0.25) is 0 Å². The SMILES string of the molecule is CC(CCN)N1CCCCCCC1. The summed E-state index contributed by atoms with van der Waals surface area (Å²) in [5.74, 6) is 0. The van der Waals surface area contributed by atoms with Crippen LogP contribution in [0.1, 0.15) is 45.4 Å². The summed E-state index contributed by atoms with van der Waals surface area (Å²) in [5, 5.41) is 0. The van der Waals surface area contributed by atoms with E-state index in [0.717, 1.165) is 13.0 Å². The van der Waals surface area contributed by atoms with E-state index in [1.165, 1.54) is 45.2 Å². The minimum absolute atomic E-state index is 0.697. The molecule has 0 aromatic rings. The van der Waals surface area contributed by atoms with E-state index in [9.17, 15) is 0 Å². The third-order valence-corrected chi connectivity index (χ3v) is 3.10. The van der Waals surface area contributed by atoms with Crippen molar-refractivity contribution in [2.45, 2.75) is 51.5 Å². The second-order valence-electron chi connectivity index (χ2n) is 4.23. The summed E-state index contributed by atoms with van der Waals surface area (Å²) in [5.41, 5.74) is 5.58. The number of likely N-dealkylation sites (tertiary alicyclic amines) is 1. The van der Waals surface area contributed by atoms with Crippen LogP contribution in [0.4, 0.5) is 0 Å². The minimum atomic E-state index is 0.697. The fourth-order valence-corrected chi connectivity index (χ4v) is 2.14. The van der Waals surface area contributed by atoms with Crippen LogP contribution in [0.3, 0.4) is 0 Å². The van der Waals surface area contributed by atoms with Gasteiger partial charge in [0.2, 0.25) is 0 Å². The van der Waals surface area contributed by atoms with Crippen LogP contribution >= 0.6 is 0 Å². The maximum atomic E-state index is 5.58. The molecule has 0 aromatic carbocycles. The van der Waals surface area contributed by atoms with Crippen LogP contribution in [0.15, 0.2) is 0 Å². The number of hydrogen-bond donors (Lipinski definition) is 1. The van der Waals surface area contributed by atoms with Crippen LogP contribution in [0, 0.1) is 0 Å². The fourth-order valence-electron chi connectivity index (χ4n) is 2.14. The quantitative estimate of drug-likeness (QED) is 0.727. The monoisotopic (exact) mass is 184 g/mol. The lowest BCUT2D eigenvalue weighted by atomic mass is 10.1. The molecule has 78 valence electrons. The smallest absolute Gasteiger partial charge is 0.00789 e. The third kappa shape index (κ3) is 4.10. The molecule has 0 aliphatic carbocycles. The van der Waals surface area contributed by atoms with Gasteiger partial charge < -0.3 is 10.6 Å². The Hall–Kier alpha value is -0.0800. The molecule has 1 aliphatic rings. The van der Waals surface area contributed by atoms with Crippen LogP contribution in [-0.4, -0.2) is 30.6 Å². The van der Waals surface area contributed by atoms with Crippen molar-refractivity contribution in [2.24, 2.45) is 5.73 Å². The Balaban J connectivity index is 2.27. The molecule has 0 radical (unpaired) electrons. The van der Waals surface area contributed by atoms with Gasteiger partial charge in [-0.05, 0) is 45.8 Å². The van der Waals surface area contributed by atoms with Gasteiger partial charge in [-0.15, -0.1) is 0 Å². The molecule has 1 rings (SSSR count). The highest BCUT2D eigenvalue weighted by atomic mass is 15.1. The average molecular weight is 184 g/mol. The van der Waals surface area contributed by atoms with Gasteiger partial charge in [0.05, 0.1) is 0 Å². The topological polar surface area (TPSA) is 29.3 Å². The molecule has 1 saturated heterocycles. The summed E-state index contributed by atoms with van der Waals surface area (Å²) < 4.78 is 0. The van der Waals surface area contributed by atoms with E-state index in [-0.39, 0.29) is 0 Å². The highest BCUT2D eigenvalue weighted by molar-refractivity contribution is 4.69. The zero-order valence-electron chi connectivity index (χ0n) is 8.97. The summed E-state index contributed by atoms with van der Waals surface area (Å²) in [6.07, 6.45) is 8.21. The van der Waals surface area contributed by atoms with Gasteiger partial charge in [0.15, 0.2) is 0 Å². The molecule has 0 spiro atoms. The molecular weight excluding hydrogens is 160 g/mol. The highest BCUT2D eigenvalue weighted by Crippen LogP contribution is 2.13. The van der Waals surface area contributed by atoms with E-state index in [0.29, 0.717) is 6.04 Å². The first-order valence-corrected chi connectivity index (χ1v) is 5.78. The van der Waals surface area contributed by atoms with Crippen LogP contribution in [0.25, 0.3) is 0 Å². The summed E-state index contributed by atoms with van der Waals surface area (Å²) in [6.45, 7) is 5.73. The first-order valence-electron chi connectivity index (χ1n) is 5.78. The standard InChI is InChI=1S/C11H24N2/c1-11(7-8-12)13-9-5-3-2-4-6-10-13/h11H,2-10,12H2,1H3. The van der Waals surface area contributed by atoms with Crippen molar-refractivity contribution < 1.29 is 0 Å². The molecule has 1 unspecified atom stereocenters. The van der Waals surface area contributed by atoms with Gasteiger partial charge in [-0.2, -0.15) is 0 Å². The molecule has 0 saturated carbocycles. The van der Waals surface area contributed by atoms with E-state index in [4.69, 9.17) is 5.73 Å². The predicted octanol–water partition coefficient (Wildman–Crippen LogP) is 1.99. The van der Waals surface area contributed by atoms with Gasteiger partial charge in [0.1, 0.15) is 0 Å². The van der Waals surface area contributed by atoms with Crippen molar-refractivity contribution in [3.8, 4) is 0 Å². The fraction of sp³-hybridized carbons (Fsp3) is 1.00. The van der Waals surface area contributed by atoms with Gasteiger partial charge in [0, 0.05) is 6.04 Å². The molecule has 0 bridgehead atoms. The predicted molar refractivity (Wildman–Crippen MR) is 57.8 cm³/mol. The second-order valence-corrected chi connectivity index (χ2v) is 4.23. The van der Waals surface area contributed by atoms with Crippen molar-refractivity contribution in [3.63, 3.8) is 0 Å². The van der Waals surface area contributed by atoms with E-state index in [2.05, 4.69) is 11.8 Å². The number of hydrogen-bond acceptors (Lipinski definition) is 2. The second kappa shape index (κ2) is 6.39. The van der Waals surface area contributed by atoms with Crippen molar-refractivity contribution in [1.82, 2.24) is 4.90 Å². The lowest BCUT2D eigenvalue weighted by Crippen LogP contribution is -2.36. The summed E-state index contributed by atoms with van der Waals surface area (Å²) in [7, 11) is 0. The van der Waals surface area contributed by atoms with Gasteiger partial charge in [-0.25, -0.2) is 0 Å². The molecule has 13 heavy (non-hydrogen) atoms. The molecular formula is C11H24N2. The van der Waals surface area contributed by atoms with Crippen molar-refractivity contribution in [2.75, 3.05) is 19.6 Å². The van der Waals surface area contributed by atoms with E-state index >= 15 is 0 Å². The van der Waals surface area contributed by atoms with E-state index < -0.39 is 0 Å². The van der Waals surface area contributed by atoms with Crippen molar-refractivity contribution in [3.05, 3.63) is 0 Å². The first-order chi connectivity index (χ1) is 6.34. The van der Waals surface area contributed by atoms with Crippen LogP contribution in [0.2, 0.25) is 0 Å². The normalized spacial score (nSPS) is 23.5. The average Bonchev–Trinajstić information content (AvgIpc) is 2.03. The molecule has 1 fully saturated rings. The van der Waals surface area contributed by atoms with Crippen LogP contribution < -0.4 is 5.73 Å². The molecule has 2 nitrogen and oxygen atoms in total. The molecule has 1 aliphatic heterocycles. The van der Waals surface area contributed by atoms with Gasteiger partial charge in [0.25, 0.3) is 0 Å². The molecule has 1 atom stereocenters. The van der Waals surface area contributed by atoms with Gasteiger partial charge >= 0.3 is 0 Å². The Morgan fingerprint density at radius 3 is 2.15 bits per heavy atom. The number of nitrogens with two attached hydrogens (primary N) is 1. The molecule has 0 amide bonds. The van der Waals surface area contributed by atoms with Crippen molar-refractivity contribution in [1.29, 1.82) is 0 Å². The maximum Gasteiger partial charge on any atom is 0.00789 e. The minimum Gasteiger partial charge on any atom is -0.330 e. The molecule has 2 heteroatoms. The van der Waals surface area contributed by atoms with Crippen molar-refractivity contribution >= 4 is 0 Å². The number of rotatable bonds is 3. The van der Waals surface area contributed by atoms with Crippen LogP contribution in [0.5, 0.6) is 0 Å². The first kappa shape index (κ1) is 11.0. The maximum absolute atomic E-state index is 5.58. The zero-order chi connectivity index (χ0) is 9.52. The summed E-state index contributed by atoms with van der Waals surface area (Å²) >= 11 is 0. The third-order valence-electron chi connectivity index (χ3n) is 3.10. The van der Waals surface area contributed by atoms with Crippen LogP contribution in [-0.2, 0) is 0 Å². The molecule has 2 N–H and O–H groups in total. The zero-order valence-corrected chi connectivity index (χ0v) is 8.97. The Labute approximate surface area is 82.5 Å². The summed E-state index contributed by atoms with van der Waals surface area (Å²) in [4.78, 5) is 2.62. The molecule has 1 heterocycles. The van der Waals surface area contributed by atoms with E-state index in [1.54, 1.807) is 0 Å². The highest BCUT2D eigenvalue weighted by Gasteiger charge is 2.13. The lowest BCUT2D eigenvalue weighted by molar-refractivity contribution is 0.184. The largest absolute Gasteiger partial charge is 0.330 e. The number of nitrogens with zero attached hydrogens (tertiary/aromatic N) is 1. The Morgan fingerprint density at radius 2 is 1.62 bits per heavy atom. The Kier molecular flexibility index (Phi) is 5.40. The molecule has 0 aromatic heterocycles. The Morgan fingerprint density at radius 1 is 1.08 bits per heavy atom. The van der Waals surface area contributed by atoms with Gasteiger partial charge in [-0.1, -0.05) is 19.3 Å². The van der Waals surface area contributed by atoms with E-state index in [1.807, 2.05) is 0 Å². The lowest BCUT2D eigenvalue weighted by Gasteiger charge is -2.30.